The quantitative estimate of drug-likeness (QED) is 0.306. The van der Waals surface area contributed by atoms with Crippen LogP contribution in [0.1, 0.15) is 59.1 Å². The molecule has 0 aliphatic carbocycles. The van der Waals surface area contributed by atoms with Crippen molar-refractivity contribution in [2.75, 3.05) is 19.8 Å². The number of ether oxygens (including phenoxy) is 2. The zero-order valence-corrected chi connectivity index (χ0v) is 20.8. The molecule has 0 spiro atoms. The van der Waals surface area contributed by atoms with Gasteiger partial charge in [-0.05, 0) is 69.0 Å². The van der Waals surface area contributed by atoms with Gasteiger partial charge in [-0.15, -0.1) is 0 Å². The maximum Gasteiger partial charge on any atom is 0.273 e. The van der Waals surface area contributed by atoms with Gasteiger partial charge in [0.05, 0.1) is 12.1 Å². The number of amides is 1. The number of nitrogens with zero attached hydrogens (tertiary/aromatic N) is 2. The Kier molecular flexibility index (Phi) is 7.26. The van der Waals surface area contributed by atoms with Gasteiger partial charge in [-0.3, -0.25) is 9.89 Å². The van der Waals surface area contributed by atoms with Crippen molar-refractivity contribution in [2.24, 2.45) is 0 Å². The fourth-order valence-electron chi connectivity index (χ4n) is 4.70. The topological polar surface area (TPSA) is 87.7 Å². The minimum atomic E-state index is -0.377. The van der Waals surface area contributed by atoms with Gasteiger partial charge >= 0.3 is 0 Å². The number of aromatic nitrogens is 2. The molecule has 1 aliphatic heterocycles. The number of hydrogen-bond acceptors (Lipinski definition) is 5. The second kappa shape index (κ2) is 10.4. The minimum absolute atomic E-state index is 0.116. The Morgan fingerprint density at radius 1 is 1.26 bits per heavy atom. The van der Waals surface area contributed by atoms with Crippen LogP contribution in [0.3, 0.4) is 0 Å². The number of carbonyl (C=O) groups is 1. The van der Waals surface area contributed by atoms with Gasteiger partial charge in [0.25, 0.3) is 5.91 Å². The lowest BCUT2D eigenvalue weighted by Crippen LogP contribution is -2.31. The zero-order valence-electron chi connectivity index (χ0n) is 20.8. The molecule has 3 aromatic rings. The molecule has 2 aromatic carbocycles. The molecule has 0 bridgehead atoms. The predicted molar refractivity (Wildman–Crippen MR) is 136 cm³/mol. The largest absolute Gasteiger partial charge is 0.507 e. The molecular weight excluding hydrogens is 442 g/mol. The van der Waals surface area contributed by atoms with Gasteiger partial charge < -0.3 is 19.5 Å². The van der Waals surface area contributed by atoms with Crippen molar-refractivity contribution in [3.05, 3.63) is 77.0 Å². The van der Waals surface area contributed by atoms with E-state index in [4.69, 9.17) is 9.47 Å². The van der Waals surface area contributed by atoms with Crippen LogP contribution in [0.4, 0.5) is 0 Å². The van der Waals surface area contributed by atoms with E-state index in [-0.39, 0.29) is 23.8 Å². The lowest BCUT2D eigenvalue weighted by molar-refractivity contribution is 0.0601. The summed E-state index contributed by atoms with van der Waals surface area (Å²) >= 11 is 0. The van der Waals surface area contributed by atoms with Crippen molar-refractivity contribution >= 4 is 5.91 Å². The van der Waals surface area contributed by atoms with Crippen LogP contribution in [-0.2, 0) is 4.74 Å². The third-order valence-corrected chi connectivity index (χ3v) is 6.10. The number of carbonyl (C=O) groups excluding carboxylic acids is 1. The van der Waals surface area contributed by atoms with Crippen molar-refractivity contribution < 1.29 is 19.4 Å². The van der Waals surface area contributed by atoms with Crippen LogP contribution in [0.2, 0.25) is 0 Å². The first kappa shape index (κ1) is 24.5. The first-order valence-corrected chi connectivity index (χ1v) is 12.0. The Hall–Kier alpha value is -3.58. The lowest BCUT2D eigenvalue weighted by Gasteiger charge is -2.27. The number of nitrogens with one attached hydrogen (secondary N) is 1. The summed E-state index contributed by atoms with van der Waals surface area (Å²) in [5.41, 5.74) is 5.21. The number of aromatic amines is 1. The molecule has 7 nitrogen and oxygen atoms in total. The maximum atomic E-state index is 13.5. The normalized spacial score (nSPS) is 15.1. The number of hydrogen-bond donors (Lipinski definition) is 2. The van der Waals surface area contributed by atoms with E-state index < -0.39 is 0 Å². The van der Waals surface area contributed by atoms with Gasteiger partial charge in [0.1, 0.15) is 29.5 Å². The molecular formula is C28H33N3O4. The Morgan fingerprint density at radius 2 is 2.06 bits per heavy atom. The summed E-state index contributed by atoms with van der Waals surface area (Å²) in [6.45, 7) is 13.1. The summed E-state index contributed by atoms with van der Waals surface area (Å²) in [5.74, 6) is 0.732. The number of benzene rings is 2. The molecule has 35 heavy (non-hydrogen) atoms. The van der Waals surface area contributed by atoms with E-state index in [9.17, 15) is 9.90 Å². The molecule has 2 heterocycles. The highest BCUT2D eigenvalue weighted by atomic mass is 16.5. The fraction of sp³-hybridized carbons (Fsp3) is 0.357. The Labute approximate surface area is 206 Å². The van der Waals surface area contributed by atoms with Gasteiger partial charge in [0.2, 0.25) is 0 Å². The summed E-state index contributed by atoms with van der Waals surface area (Å²) in [5, 5.41) is 18.3. The van der Waals surface area contributed by atoms with Crippen LogP contribution in [-0.4, -0.2) is 52.0 Å². The van der Waals surface area contributed by atoms with Crippen LogP contribution in [0.5, 0.6) is 11.5 Å². The van der Waals surface area contributed by atoms with E-state index >= 15 is 0 Å². The molecule has 184 valence electrons. The molecule has 0 radical (unpaired) electrons. The summed E-state index contributed by atoms with van der Waals surface area (Å²) in [7, 11) is 0. The summed E-state index contributed by atoms with van der Waals surface area (Å²) in [6.07, 6.45) is 2.53. The van der Waals surface area contributed by atoms with Crippen LogP contribution >= 0.6 is 0 Å². The fourth-order valence-corrected chi connectivity index (χ4v) is 4.70. The molecule has 1 unspecified atom stereocenters. The predicted octanol–water partition coefficient (Wildman–Crippen LogP) is 5.32. The van der Waals surface area contributed by atoms with Gasteiger partial charge in [0, 0.05) is 24.3 Å². The number of phenols is 1. The van der Waals surface area contributed by atoms with Crippen molar-refractivity contribution in [1.29, 1.82) is 0 Å². The Morgan fingerprint density at radius 3 is 2.77 bits per heavy atom. The smallest absolute Gasteiger partial charge is 0.273 e. The molecule has 0 saturated carbocycles. The number of aryl methyl sites for hydroxylation is 2. The Balaban J connectivity index is 1.79. The molecule has 4 rings (SSSR count). The van der Waals surface area contributed by atoms with E-state index in [0.717, 1.165) is 22.3 Å². The Bertz CT molecular complexity index is 1210. The molecule has 2 N–H and O–H groups in total. The monoisotopic (exact) mass is 475 g/mol. The number of rotatable bonds is 10. The maximum absolute atomic E-state index is 13.5. The van der Waals surface area contributed by atoms with E-state index in [1.165, 1.54) is 0 Å². The van der Waals surface area contributed by atoms with Crippen molar-refractivity contribution in [2.45, 2.75) is 46.3 Å². The number of H-pyrrole nitrogens is 1. The van der Waals surface area contributed by atoms with Crippen molar-refractivity contribution in [1.82, 2.24) is 15.1 Å². The lowest BCUT2D eigenvalue weighted by atomic mass is 9.93. The minimum Gasteiger partial charge on any atom is -0.507 e. The zero-order chi connectivity index (χ0) is 25.1. The second-order valence-electron chi connectivity index (χ2n) is 9.18. The highest BCUT2D eigenvalue weighted by Crippen LogP contribution is 2.46. The van der Waals surface area contributed by atoms with Crippen LogP contribution in [0.25, 0.3) is 11.3 Å². The SMILES string of the molecule is C=CCOc1cccc(C2c3c(-c4c(C)cc(C)cc4O)n[nH]c3C(=O)N2CCCOC(C)C)c1. The average molecular weight is 476 g/mol. The van der Waals surface area contributed by atoms with Crippen molar-refractivity contribution in [3.63, 3.8) is 0 Å². The van der Waals surface area contributed by atoms with Gasteiger partial charge in [-0.1, -0.05) is 30.9 Å². The van der Waals surface area contributed by atoms with E-state index in [2.05, 4.69) is 16.8 Å². The third kappa shape index (κ3) is 4.95. The molecule has 0 fully saturated rings. The number of phenolic OH excluding ortho intramolecular Hbond substituents is 1. The highest BCUT2D eigenvalue weighted by Gasteiger charge is 2.42. The second-order valence-corrected chi connectivity index (χ2v) is 9.18. The van der Waals surface area contributed by atoms with E-state index in [0.29, 0.717) is 48.9 Å². The molecule has 1 aromatic heterocycles. The number of aromatic hydroxyl groups is 1. The molecule has 0 saturated heterocycles. The van der Waals surface area contributed by atoms with Gasteiger partial charge in [-0.2, -0.15) is 5.10 Å². The standard InChI is InChI=1S/C28H33N3O4/c1-6-12-35-21-10-7-9-20(16-21)27-24-25(23-19(5)14-18(4)15-22(23)32)29-30-26(24)28(33)31(27)11-8-13-34-17(2)3/h6-7,9-10,14-17,27,32H,1,8,11-13H2,2-5H3,(H,29,30). The molecule has 1 atom stereocenters. The van der Waals surface area contributed by atoms with Crippen LogP contribution < -0.4 is 4.74 Å². The van der Waals surface area contributed by atoms with Gasteiger partial charge in [0.15, 0.2) is 0 Å². The van der Waals surface area contributed by atoms with E-state index in [1.807, 2.05) is 62.9 Å². The average Bonchev–Trinajstić information content (AvgIpc) is 3.34. The first-order valence-electron chi connectivity index (χ1n) is 12.0. The first-order chi connectivity index (χ1) is 16.8. The number of fused-ring (bicyclic) bond motifs is 1. The summed E-state index contributed by atoms with van der Waals surface area (Å²) in [4.78, 5) is 15.4. The van der Waals surface area contributed by atoms with Crippen molar-refractivity contribution in [3.8, 4) is 22.8 Å². The molecule has 1 aliphatic rings. The molecule has 1 amide bonds. The summed E-state index contributed by atoms with van der Waals surface area (Å²) < 4.78 is 11.5. The third-order valence-electron chi connectivity index (χ3n) is 6.10. The van der Waals surface area contributed by atoms with Crippen LogP contribution in [0, 0.1) is 13.8 Å². The highest BCUT2D eigenvalue weighted by molar-refractivity contribution is 6.00. The molecule has 7 heteroatoms. The summed E-state index contributed by atoms with van der Waals surface area (Å²) in [6, 6.07) is 11.1. The van der Waals surface area contributed by atoms with Crippen LogP contribution in [0.15, 0.2) is 49.1 Å². The van der Waals surface area contributed by atoms with Gasteiger partial charge in [-0.25, -0.2) is 0 Å². The van der Waals surface area contributed by atoms with E-state index in [1.54, 1.807) is 12.1 Å².